The molecular weight excluding hydrogens is 438 g/mol. The molecule has 0 fully saturated rings. The minimum atomic E-state index is -3.67. The van der Waals surface area contributed by atoms with Crippen LogP contribution >= 0.6 is 15.9 Å². The van der Waals surface area contributed by atoms with Gasteiger partial charge in [0.25, 0.3) is 5.91 Å². The van der Waals surface area contributed by atoms with E-state index in [1.807, 2.05) is 6.07 Å². The van der Waals surface area contributed by atoms with Crippen LogP contribution in [0.5, 0.6) is 0 Å². The Morgan fingerprint density at radius 1 is 1.30 bits per heavy atom. The first-order chi connectivity index (χ1) is 12.7. The van der Waals surface area contributed by atoms with E-state index in [1.54, 1.807) is 25.2 Å². The van der Waals surface area contributed by atoms with E-state index < -0.39 is 27.9 Å². The summed E-state index contributed by atoms with van der Waals surface area (Å²) in [5.74, 6) is -0.991. The topological polar surface area (TPSA) is 106 Å². The van der Waals surface area contributed by atoms with E-state index in [4.69, 9.17) is 4.74 Å². The van der Waals surface area contributed by atoms with E-state index in [2.05, 4.69) is 26.0 Å². The molecule has 0 spiro atoms. The Balaban J connectivity index is 2.32. The lowest BCUT2D eigenvalue weighted by Crippen LogP contribution is -2.31. The van der Waals surface area contributed by atoms with Gasteiger partial charge in [0.05, 0.1) is 19.6 Å². The van der Waals surface area contributed by atoms with Crippen LogP contribution in [-0.2, 0) is 26.6 Å². The number of ether oxygens (including phenoxy) is 1. The number of halogens is 1. The number of methoxy groups -OCH3 is 1. The van der Waals surface area contributed by atoms with Crippen LogP contribution in [-0.4, -0.2) is 39.0 Å². The Kier molecular flexibility index (Phi) is 6.79. The maximum absolute atomic E-state index is 12.7. The van der Waals surface area contributed by atoms with Gasteiger partial charge in [-0.1, -0.05) is 28.1 Å². The van der Waals surface area contributed by atoms with Gasteiger partial charge in [0.15, 0.2) is 0 Å². The summed E-state index contributed by atoms with van der Waals surface area (Å²) < 4.78 is 33.0. The maximum Gasteiger partial charge on any atom is 0.307 e. The molecule has 0 saturated heterocycles. The first-order valence-electron chi connectivity index (χ1n) is 7.91. The number of hydrogen-bond donors (Lipinski definition) is 2. The summed E-state index contributed by atoms with van der Waals surface area (Å²) in [5, 5.41) is 2.77. The number of esters is 1. The number of nitrogens with zero attached hydrogens (tertiary/aromatic N) is 1. The second kappa shape index (κ2) is 8.68. The lowest BCUT2D eigenvalue weighted by molar-refractivity contribution is -0.141. The molecule has 2 aromatic rings. The predicted octanol–water partition coefficient (Wildman–Crippen LogP) is 1.73. The van der Waals surface area contributed by atoms with Gasteiger partial charge >= 0.3 is 5.97 Å². The van der Waals surface area contributed by atoms with Crippen LogP contribution < -0.4 is 10.0 Å². The minimum absolute atomic E-state index is 0.0235. The third-order valence-corrected chi connectivity index (χ3v) is 5.82. The normalized spacial score (nSPS) is 12.4. The molecule has 1 amide bonds. The number of carbonyl (C=O) groups is 2. The van der Waals surface area contributed by atoms with E-state index in [0.717, 1.165) is 4.47 Å². The van der Waals surface area contributed by atoms with Crippen molar-refractivity contribution < 1.29 is 22.7 Å². The molecule has 1 aromatic carbocycles. The third-order valence-electron chi connectivity index (χ3n) is 3.95. The number of hydrogen-bond acceptors (Lipinski definition) is 5. The molecule has 8 nitrogen and oxygen atoms in total. The summed E-state index contributed by atoms with van der Waals surface area (Å²) in [7, 11) is 0.459. The van der Waals surface area contributed by atoms with Crippen molar-refractivity contribution in [2.75, 3.05) is 14.2 Å². The molecule has 1 atom stereocenters. The van der Waals surface area contributed by atoms with Crippen molar-refractivity contribution in [1.29, 1.82) is 0 Å². The molecule has 146 valence electrons. The molecule has 2 N–H and O–H groups in total. The van der Waals surface area contributed by atoms with Gasteiger partial charge in [0.1, 0.15) is 10.6 Å². The summed E-state index contributed by atoms with van der Waals surface area (Å²) in [4.78, 5) is 24.5. The number of rotatable bonds is 7. The summed E-state index contributed by atoms with van der Waals surface area (Å²) in [6.45, 7) is 0. The summed E-state index contributed by atoms with van der Waals surface area (Å²) >= 11 is 3.36. The number of nitrogens with one attached hydrogen (secondary N) is 2. The molecule has 0 aliphatic heterocycles. The molecule has 0 aliphatic carbocycles. The van der Waals surface area contributed by atoms with Crippen molar-refractivity contribution in [3.63, 3.8) is 0 Å². The average molecular weight is 458 g/mol. The van der Waals surface area contributed by atoms with Gasteiger partial charge in [-0.2, -0.15) is 0 Å². The van der Waals surface area contributed by atoms with Gasteiger partial charge in [0, 0.05) is 17.7 Å². The van der Waals surface area contributed by atoms with Gasteiger partial charge in [0.2, 0.25) is 10.0 Å². The lowest BCUT2D eigenvalue weighted by Gasteiger charge is -2.18. The molecule has 27 heavy (non-hydrogen) atoms. The highest BCUT2D eigenvalue weighted by Crippen LogP contribution is 2.22. The largest absolute Gasteiger partial charge is 0.469 e. The molecule has 0 radical (unpaired) electrons. The Morgan fingerprint density at radius 3 is 2.59 bits per heavy atom. The predicted molar refractivity (Wildman–Crippen MR) is 103 cm³/mol. The highest BCUT2D eigenvalue weighted by atomic mass is 79.9. The van der Waals surface area contributed by atoms with Crippen LogP contribution in [0, 0.1) is 0 Å². The van der Waals surface area contributed by atoms with Crippen molar-refractivity contribution >= 4 is 37.8 Å². The summed E-state index contributed by atoms with van der Waals surface area (Å²) in [6, 6.07) is 7.82. The number of benzene rings is 1. The average Bonchev–Trinajstić information content (AvgIpc) is 3.03. The van der Waals surface area contributed by atoms with Crippen LogP contribution in [0.15, 0.2) is 45.9 Å². The van der Waals surface area contributed by atoms with Crippen LogP contribution in [0.25, 0.3) is 0 Å². The number of aromatic nitrogens is 1. The van der Waals surface area contributed by atoms with Crippen LogP contribution in [0.4, 0.5) is 0 Å². The molecule has 2 rings (SSSR count). The monoisotopic (exact) mass is 457 g/mol. The Morgan fingerprint density at radius 2 is 2.00 bits per heavy atom. The SMILES string of the molecule is CNS(=O)(=O)c1cc(C(=O)NC(CC(=O)OC)c2cccc(Br)c2)n(C)c1. The molecule has 1 aromatic heterocycles. The van der Waals surface area contributed by atoms with Crippen LogP contribution in [0.3, 0.4) is 0 Å². The Labute approximate surface area is 166 Å². The molecule has 10 heteroatoms. The van der Waals surface area contributed by atoms with Crippen LogP contribution in [0.2, 0.25) is 0 Å². The van der Waals surface area contributed by atoms with E-state index in [1.165, 1.54) is 31.0 Å². The quantitative estimate of drug-likeness (QED) is 0.615. The summed E-state index contributed by atoms with van der Waals surface area (Å²) in [5.41, 5.74) is 0.856. The van der Waals surface area contributed by atoms with Crippen molar-refractivity contribution in [1.82, 2.24) is 14.6 Å². The molecule has 1 heterocycles. The molecule has 1 unspecified atom stereocenters. The second-order valence-corrected chi connectivity index (χ2v) is 8.54. The molecule has 0 saturated carbocycles. The standard InChI is InChI=1S/C17H20BrN3O5S/c1-19-27(24,25)13-8-15(21(2)10-13)17(23)20-14(9-16(22)26-3)11-5-4-6-12(18)7-11/h4-8,10,14,19H,9H2,1-3H3,(H,20,23). The van der Waals surface area contributed by atoms with Crippen molar-refractivity contribution in [2.45, 2.75) is 17.4 Å². The van der Waals surface area contributed by atoms with Crippen molar-refractivity contribution in [2.24, 2.45) is 7.05 Å². The lowest BCUT2D eigenvalue weighted by atomic mass is 10.0. The fourth-order valence-electron chi connectivity index (χ4n) is 2.48. The minimum Gasteiger partial charge on any atom is -0.469 e. The third kappa shape index (κ3) is 5.18. The zero-order valence-corrected chi connectivity index (χ0v) is 17.4. The molecule has 0 aliphatic rings. The van der Waals surface area contributed by atoms with E-state index >= 15 is 0 Å². The van der Waals surface area contributed by atoms with Gasteiger partial charge in [-0.3, -0.25) is 9.59 Å². The van der Waals surface area contributed by atoms with Gasteiger partial charge in [-0.05, 0) is 30.8 Å². The van der Waals surface area contributed by atoms with Gasteiger partial charge in [-0.25, -0.2) is 13.1 Å². The smallest absolute Gasteiger partial charge is 0.307 e. The number of sulfonamides is 1. The zero-order chi connectivity index (χ0) is 20.2. The van der Waals surface area contributed by atoms with Crippen molar-refractivity contribution in [3.05, 3.63) is 52.3 Å². The molecule has 0 bridgehead atoms. The highest BCUT2D eigenvalue weighted by molar-refractivity contribution is 9.10. The zero-order valence-electron chi connectivity index (χ0n) is 15.0. The number of aryl methyl sites for hydroxylation is 1. The fourth-order valence-corrected chi connectivity index (χ4v) is 3.70. The van der Waals surface area contributed by atoms with Gasteiger partial charge < -0.3 is 14.6 Å². The Bertz CT molecular complexity index is 955. The van der Waals surface area contributed by atoms with E-state index in [9.17, 15) is 18.0 Å². The van der Waals surface area contributed by atoms with E-state index in [0.29, 0.717) is 5.56 Å². The second-order valence-electron chi connectivity index (χ2n) is 5.74. The van der Waals surface area contributed by atoms with Crippen molar-refractivity contribution in [3.8, 4) is 0 Å². The van der Waals surface area contributed by atoms with E-state index in [-0.39, 0.29) is 17.0 Å². The summed E-state index contributed by atoms with van der Waals surface area (Å²) in [6.07, 6.45) is 1.28. The first-order valence-corrected chi connectivity index (χ1v) is 10.2. The first kappa shape index (κ1) is 21.1. The van der Waals surface area contributed by atoms with Crippen LogP contribution in [0.1, 0.15) is 28.5 Å². The number of amides is 1. The van der Waals surface area contributed by atoms with Gasteiger partial charge in [-0.15, -0.1) is 0 Å². The number of carbonyl (C=O) groups excluding carboxylic acids is 2. The maximum atomic E-state index is 12.7. The Hall–Kier alpha value is -2.17. The molecular formula is C17H20BrN3O5S. The fraction of sp³-hybridized carbons (Fsp3) is 0.294. The highest BCUT2D eigenvalue weighted by Gasteiger charge is 2.23.